The zero-order valence-electron chi connectivity index (χ0n) is 13.7. The molecule has 0 unspecified atom stereocenters. The molecule has 0 saturated heterocycles. The lowest BCUT2D eigenvalue weighted by Crippen LogP contribution is -2.26. The highest BCUT2D eigenvalue weighted by Crippen LogP contribution is 2.19. The maximum absolute atomic E-state index is 12.1. The predicted octanol–water partition coefficient (Wildman–Crippen LogP) is 2.21. The Bertz CT molecular complexity index is 1120. The SMILES string of the molecule is O=C(CSc1nc2ccccc2[nH]1)NCc1n[nH]c(=O)c2ccccc12. The summed E-state index contributed by atoms with van der Waals surface area (Å²) in [6.07, 6.45) is 0. The zero-order valence-corrected chi connectivity index (χ0v) is 14.5. The molecule has 0 spiro atoms. The molecule has 0 aliphatic rings. The summed E-state index contributed by atoms with van der Waals surface area (Å²) in [4.78, 5) is 31.5. The predicted molar refractivity (Wildman–Crippen MR) is 101 cm³/mol. The number of aromatic amines is 2. The van der Waals surface area contributed by atoms with E-state index in [0.29, 0.717) is 16.2 Å². The van der Waals surface area contributed by atoms with Gasteiger partial charge in [0.2, 0.25) is 5.91 Å². The number of amides is 1. The van der Waals surface area contributed by atoms with Gasteiger partial charge in [0.25, 0.3) is 5.56 Å². The molecule has 0 aliphatic heterocycles. The van der Waals surface area contributed by atoms with Gasteiger partial charge in [-0.15, -0.1) is 0 Å². The molecular weight excluding hydrogens is 350 g/mol. The Morgan fingerprint density at radius 3 is 2.69 bits per heavy atom. The van der Waals surface area contributed by atoms with E-state index in [-0.39, 0.29) is 23.8 Å². The van der Waals surface area contributed by atoms with Crippen molar-refractivity contribution in [2.24, 2.45) is 0 Å². The first-order valence-electron chi connectivity index (χ1n) is 8.01. The molecule has 7 nitrogen and oxygen atoms in total. The number of hydrogen-bond acceptors (Lipinski definition) is 5. The molecule has 0 saturated carbocycles. The number of para-hydroxylation sites is 2. The molecule has 2 aromatic heterocycles. The summed E-state index contributed by atoms with van der Waals surface area (Å²) in [5.74, 6) is 0.105. The van der Waals surface area contributed by atoms with Gasteiger partial charge in [0.15, 0.2) is 5.16 Å². The molecule has 26 heavy (non-hydrogen) atoms. The third-order valence-electron chi connectivity index (χ3n) is 3.94. The minimum atomic E-state index is -0.240. The minimum absolute atomic E-state index is 0.132. The molecular formula is C18H15N5O2S. The van der Waals surface area contributed by atoms with Crippen molar-refractivity contribution in [3.05, 3.63) is 64.6 Å². The van der Waals surface area contributed by atoms with Crippen LogP contribution in [0.4, 0.5) is 0 Å². The minimum Gasteiger partial charge on any atom is -0.350 e. The monoisotopic (exact) mass is 365 g/mol. The molecule has 0 radical (unpaired) electrons. The summed E-state index contributed by atoms with van der Waals surface area (Å²) >= 11 is 1.34. The number of hydrogen-bond donors (Lipinski definition) is 3. The van der Waals surface area contributed by atoms with Crippen LogP contribution in [0.15, 0.2) is 58.5 Å². The molecule has 1 amide bonds. The van der Waals surface area contributed by atoms with Crippen molar-refractivity contribution in [3.8, 4) is 0 Å². The summed E-state index contributed by atoms with van der Waals surface area (Å²) in [5, 5.41) is 11.3. The van der Waals surface area contributed by atoms with Crippen LogP contribution in [0.2, 0.25) is 0 Å². The van der Waals surface area contributed by atoms with Crippen molar-refractivity contribution < 1.29 is 4.79 Å². The fourth-order valence-electron chi connectivity index (χ4n) is 2.67. The summed E-state index contributed by atoms with van der Waals surface area (Å²) in [7, 11) is 0. The van der Waals surface area contributed by atoms with Crippen molar-refractivity contribution in [1.29, 1.82) is 0 Å². The molecule has 0 atom stereocenters. The van der Waals surface area contributed by atoms with Crippen LogP contribution in [-0.4, -0.2) is 31.8 Å². The lowest BCUT2D eigenvalue weighted by atomic mass is 10.1. The van der Waals surface area contributed by atoms with Crippen LogP contribution in [-0.2, 0) is 11.3 Å². The van der Waals surface area contributed by atoms with Gasteiger partial charge in [-0.25, -0.2) is 10.1 Å². The second-order valence-corrected chi connectivity index (χ2v) is 6.63. The zero-order chi connectivity index (χ0) is 17.9. The number of aromatic nitrogens is 4. The molecule has 3 N–H and O–H groups in total. The summed E-state index contributed by atoms with van der Waals surface area (Å²) in [6, 6.07) is 14.9. The van der Waals surface area contributed by atoms with Crippen LogP contribution in [0, 0.1) is 0 Å². The van der Waals surface area contributed by atoms with Crippen molar-refractivity contribution in [1.82, 2.24) is 25.5 Å². The molecule has 0 fully saturated rings. The van der Waals surface area contributed by atoms with Gasteiger partial charge in [-0.1, -0.05) is 42.1 Å². The first kappa shape index (κ1) is 16.3. The second-order valence-electron chi connectivity index (χ2n) is 5.67. The highest BCUT2D eigenvalue weighted by Gasteiger charge is 2.09. The number of nitrogens with zero attached hydrogens (tertiary/aromatic N) is 2. The van der Waals surface area contributed by atoms with Gasteiger partial charge in [0.1, 0.15) is 0 Å². The van der Waals surface area contributed by atoms with Gasteiger partial charge in [-0.2, -0.15) is 5.10 Å². The van der Waals surface area contributed by atoms with Gasteiger partial charge in [0, 0.05) is 5.39 Å². The molecule has 130 valence electrons. The topological polar surface area (TPSA) is 104 Å². The number of nitrogens with one attached hydrogen (secondary N) is 3. The smallest absolute Gasteiger partial charge is 0.272 e. The molecule has 4 aromatic rings. The van der Waals surface area contributed by atoms with Gasteiger partial charge < -0.3 is 10.3 Å². The average molecular weight is 365 g/mol. The maximum atomic E-state index is 12.1. The van der Waals surface area contributed by atoms with E-state index in [0.717, 1.165) is 16.4 Å². The van der Waals surface area contributed by atoms with Crippen molar-refractivity contribution in [2.75, 3.05) is 5.75 Å². The number of thioether (sulfide) groups is 1. The number of fused-ring (bicyclic) bond motifs is 2. The van der Waals surface area contributed by atoms with Crippen LogP contribution < -0.4 is 10.9 Å². The molecule has 0 aliphatic carbocycles. The summed E-state index contributed by atoms with van der Waals surface area (Å²) in [6.45, 7) is 0.247. The fourth-order valence-corrected chi connectivity index (χ4v) is 3.39. The first-order chi connectivity index (χ1) is 12.7. The van der Waals surface area contributed by atoms with E-state index in [1.807, 2.05) is 36.4 Å². The van der Waals surface area contributed by atoms with Gasteiger partial charge >= 0.3 is 0 Å². The van der Waals surface area contributed by atoms with E-state index in [4.69, 9.17) is 0 Å². The average Bonchev–Trinajstić information content (AvgIpc) is 3.09. The summed E-state index contributed by atoms with van der Waals surface area (Å²) < 4.78 is 0. The quantitative estimate of drug-likeness (QED) is 0.471. The number of rotatable bonds is 5. The van der Waals surface area contributed by atoms with E-state index in [2.05, 4.69) is 25.5 Å². The Kier molecular flexibility index (Phi) is 4.40. The standard InChI is InChI=1S/C18H15N5O2S/c24-16(10-26-18-20-13-7-3-4-8-14(13)21-18)19-9-15-11-5-1-2-6-12(11)17(25)23-22-15/h1-8H,9-10H2,(H,19,24)(H,20,21)(H,23,25). The van der Waals surface area contributed by atoms with E-state index in [1.165, 1.54) is 11.8 Å². The molecule has 0 bridgehead atoms. The highest BCUT2D eigenvalue weighted by atomic mass is 32.2. The Hall–Kier alpha value is -3.13. The van der Waals surface area contributed by atoms with Crippen LogP contribution in [0.5, 0.6) is 0 Å². The number of benzene rings is 2. The Morgan fingerprint density at radius 1 is 1.08 bits per heavy atom. The van der Waals surface area contributed by atoms with Gasteiger partial charge in [-0.3, -0.25) is 9.59 Å². The van der Waals surface area contributed by atoms with Crippen LogP contribution >= 0.6 is 11.8 Å². The summed E-state index contributed by atoms with van der Waals surface area (Å²) in [5.41, 5.74) is 2.21. The van der Waals surface area contributed by atoms with Crippen LogP contribution in [0.25, 0.3) is 21.8 Å². The van der Waals surface area contributed by atoms with Crippen molar-refractivity contribution in [3.63, 3.8) is 0 Å². The number of imidazole rings is 1. The molecule has 8 heteroatoms. The number of carbonyl (C=O) groups excluding carboxylic acids is 1. The normalized spacial score (nSPS) is 11.1. The van der Waals surface area contributed by atoms with Crippen LogP contribution in [0.1, 0.15) is 5.69 Å². The Labute approximate surface area is 152 Å². The Balaban J connectivity index is 1.40. The lowest BCUT2D eigenvalue weighted by Gasteiger charge is -2.06. The van der Waals surface area contributed by atoms with Crippen LogP contribution in [0.3, 0.4) is 0 Å². The van der Waals surface area contributed by atoms with Gasteiger partial charge in [0.05, 0.1) is 34.4 Å². The van der Waals surface area contributed by atoms with Crippen molar-refractivity contribution in [2.45, 2.75) is 11.7 Å². The lowest BCUT2D eigenvalue weighted by molar-refractivity contribution is -0.118. The third kappa shape index (κ3) is 3.31. The van der Waals surface area contributed by atoms with Crippen molar-refractivity contribution >= 4 is 39.5 Å². The highest BCUT2D eigenvalue weighted by molar-refractivity contribution is 7.99. The molecule has 4 rings (SSSR count). The van der Waals surface area contributed by atoms with E-state index < -0.39 is 0 Å². The third-order valence-corrected chi connectivity index (χ3v) is 4.81. The van der Waals surface area contributed by atoms with E-state index >= 15 is 0 Å². The Morgan fingerprint density at radius 2 is 1.85 bits per heavy atom. The molecule has 2 aromatic carbocycles. The van der Waals surface area contributed by atoms with E-state index in [9.17, 15) is 9.59 Å². The maximum Gasteiger partial charge on any atom is 0.272 e. The van der Waals surface area contributed by atoms with E-state index in [1.54, 1.807) is 12.1 Å². The molecule has 2 heterocycles. The fraction of sp³-hybridized carbons (Fsp3) is 0.111. The number of H-pyrrole nitrogens is 2. The largest absolute Gasteiger partial charge is 0.350 e. The first-order valence-corrected chi connectivity index (χ1v) is 9.00. The number of carbonyl (C=O) groups is 1. The second kappa shape index (κ2) is 7.01. The van der Waals surface area contributed by atoms with Gasteiger partial charge in [-0.05, 0) is 18.2 Å².